The fourth-order valence-electron chi connectivity index (χ4n) is 2.58. The number of thioether (sulfide) groups is 1. The van der Waals surface area contributed by atoms with E-state index in [0.29, 0.717) is 19.5 Å². The Morgan fingerprint density at radius 1 is 1.08 bits per heavy atom. The van der Waals surface area contributed by atoms with Gasteiger partial charge in [0.2, 0.25) is 5.91 Å². The van der Waals surface area contributed by atoms with E-state index >= 15 is 0 Å². The quantitative estimate of drug-likeness (QED) is 0.760. The molecule has 0 bridgehead atoms. The number of amides is 1. The summed E-state index contributed by atoms with van der Waals surface area (Å²) in [5, 5.41) is 5.81. The largest absolute Gasteiger partial charge is 0.355 e. The van der Waals surface area contributed by atoms with Gasteiger partial charge in [0.05, 0.1) is 16.2 Å². The van der Waals surface area contributed by atoms with Crippen molar-refractivity contribution in [2.24, 2.45) is 0 Å². The zero-order valence-corrected chi connectivity index (χ0v) is 14.1. The van der Waals surface area contributed by atoms with Crippen molar-refractivity contribution in [3.63, 3.8) is 0 Å². The Hall–Kier alpha value is -2.18. The highest BCUT2D eigenvalue weighted by molar-refractivity contribution is 8.00. The van der Waals surface area contributed by atoms with Crippen molar-refractivity contribution in [2.75, 3.05) is 13.1 Å². The van der Waals surface area contributed by atoms with Crippen LogP contribution in [-0.2, 0) is 11.3 Å². The third-order valence-electron chi connectivity index (χ3n) is 3.80. The summed E-state index contributed by atoms with van der Waals surface area (Å²) in [6, 6.07) is 17.5. The molecule has 3 rings (SSSR count). The van der Waals surface area contributed by atoms with Crippen LogP contribution >= 0.6 is 11.8 Å². The van der Waals surface area contributed by atoms with E-state index in [1.165, 1.54) is 0 Å². The van der Waals surface area contributed by atoms with Crippen LogP contribution < -0.4 is 10.6 Å². The number of hydrogen-bond acceptors (Lipinski definition) is 4. The van der Waals surface area contributed by atoms with Crippen molar-refractivity contribution in [1.82, 2.24) is 10.6 Å². The number of nitroso groups, excluding NO2 is 1. The molecule has 0 aromatic heterocycles. The molecule has 2 aromatic rings. The van der Waals surface area contributed by atoms with Crippen LogP contribution in [0, 0.1) is 4.91 Å². The Kier molecular flexibility index (Phi) is 5.61. The normalized spacial score (nSPS) is 16.0. The van der Waals surface area contributed by atoms with Crippen LogP contribution in [0.3, 0.4) is 0 Å². The average Bonchev–Trinajstić information content (AvgIpc) is 2.92. The summed E-state index contributed by atoms with van der Waals surface area (Å²) in [7, 11) is 0. The lowest BCUT2D eigenvalue weighted by Crippen LogP contribution is -2.35. The maximum Gasteiger partial charge on any atom is 0.271 e. The van der Waals surface area contributed by atoms with Gasteiger partial charge in [0.25, 0.3) is 11.1 Å². The van der Waals surface area contributed by atoms with Gasteiger partial charge >= 0.3 is 0 Å². The molecule has 124 valence electrons. The molecule has 24 heavy (non-hydrogen) atoms. The Bertz CT molecular complexity index is 721. The minimum absolute atomic E-state index is 0.0520. The number of carbonyl (C=O) groups excluding carboxylic acids is 1. The summed E-state index contributed by atoms with van der Waals surface area (Å²) >= 11 is 1.56. The number of nitrogens with zero attached hydrogens (tertiary/aromatic N) is 1. The summed E-state index contributed by atoms with van der Waals surface area (Å²) in [4.78, 5) is 25.0. The molecule has 1 aliphatic rings. The van der Waals surface area contributed by atoms with Gasteiger partial charge < -0.3 is 10.6 Å². The van der Waals surface area contributed by atoms with E-state index < -0.39 is 0 Å². The van der Waals surface area contributed by atoms with E-state index in [9.17, 15) is 9.70 Å². The van der Waals surface area contributed by atoms with Gasteiger partial charge in [-0.25, -0.2) is 0 Å². The second-order valence-electron chi connectivity index (χ2n) is 5.59. The number of nitrogens with one attached hydrogen (secondary N) is 2. The van der Waals surface area contributed by atoms with E-state index in [2.05, 4.69) is 10.6 Å². The third kappa shape index (κ3) is 4.21. The molecule has 1 aliphatic heterocycles. The fraction of sp³-hybridized carbons (Fsp3) is 0.278. The molecular formula is C18H20N3O2S+. The Morgan fingerprint density at radius 3 is 2.62 bits per heavy atom. The lowest BCUT2D eigenvalue weighted by molar-refractivity contribution is -0.476. The van der Waals surface area contributed by atoms with Crippen molar-refractivity contribution in [3.8, 4) is 0 Å². The van der Waals surface area contributed by atoms with E-state index in [1.54, 1.807) is 11.8 Å². The van der Waals surface area contributed by atoms with Crippen molar-refractivity contribution in [1.29, 1.82) is 0 Å². The lowest BCUT2D eigenvalue weighted by atomic mass is 10.2. The van der Waals surface area contributed by atoms with Crippen molar-refractivity contribution < 1.29 is 9.55 Å². The summed E-state index contributed by atoms with van der Waals surface area (Å²) in [5.74, 6) is -0.0520. The molecule has 0 saturated heterocycles. The Balaban J connectivity index is 1.35. The van der Waals surface area contributed by atoms with Gasteiger partial charge in [0, 0.05) is 30.5 Å². The first-order chi connectivity index (χ1) is 11.7. The Labute approximate surface area is 145 Å². The summed E-state index contributed by atoms with van der Waals surface area (Å²) in [6.45, 7) is 1.43. The fourth-order valence-corrected chi connectivity index (χ4v) is 3.75. The van der Waals surface area contributed by atoms with Gasteiger partial charge in [-0.2, -0.15) is 0 Å². The monoisotopic (exact) mass is 342 g/mol. The molecule has 2 aromatic carbocycles. The van der Waals surface area contributed by atoms with E-state index in [1.807, 2.05) is 54.6 Å². The van der Waals surface area contributed by atoms with Crippen LogP contribution in [0.4, 0.5) is 5.69 Å². The first-order valence-electron chi connectivity index (χ1n) is 7.97. The lowest BCUT2D eigenvalue weighted by Gasteiger charge is -2.07. The molecule has 1 amide bonds. The van der Waals surface area contributed by atoms with Crippen LogP contribution in [0.15, 0.2) is 59.5 Å². The van der Waals surface area contributed by atoms with E-state index in [0.717, 1.165) is 20.9 Å². The maximum absolute atomic E-state index is 12.2. The molecule has 0 aliphatic carbocycles. The molecular weight excluding hydrogens is 322 g/mol. The molecule has 2 N–H and O–H groups in total. The van der Waals surface area contributed by atoms with E-state index in [4.69, 9.17) is 0 Å². The predicted octanol–water partition coefficient (Wildman–Crippen LogP) is 2.82. The molecule has 5 nitrogen and oxygen atoms in total. The highest BCUT2D eigenvalue weighted by Crippen LogP contribution is 2.42. The smallest absolute Gasteiger partial charge is 0.271 e. The molecule has 6 heteroatoms. The molecule has 1 unspecified atom stereocenters. The highest BCUT2D eigenvalue weighted by Gasteiger charge is 2.38. The van der Waals surface area contributed by atoms with E-state index in [-0.39, 0.29) is 17.8 Å². The number of para-hydroxylation sites is 1. The number of fused-ring (bicyclic) bond motifs is 1. The zero-order chi connectivity index (χ0) is 16.8. The number of rotatable bonds is 7. The Morgan fingerprint density at radius 2 is 1.83 bits per heavy atom. The highest BCUT2D eigenvalue weighted by atomic mass is 32.2. The zero-order valence-electron chi connectivity index (χ0n) is 13.3. The minimum atomic E-state index is -0.167. The van der Waals surface area contributed by atoms with Crippen LogP contribution in [0.25, 0.3) is 0 Å². The van der Waals surface area contributed by atoms with Gasteiger partial charge in [-0.3, -0.25) is 4.79 Å². The standard InChI is InChI=1S/C18H19N3O2S/c22-17(13-19-12-14-6-2-1-3-7-14)20-11-10-18-21(23)15-8-4-5-9-16(15)24-18/h1-9,18-19H,10-13H2/p+1. The SMILES string of the molecule is O=C(CNCc1ccccc1)NCCC1Sc2ccccc2[N+]1=O. The number of hydrogen-bond donors (Lipinski definition) is 2. The first-order valence-corrected chi connectivity index (χ1v) is 8.85. The topological polar surface area (TPSA) is 61.2 Å². The molecule has 0 spiro atoms. The molecule has 1 heterocycles. The van der Waals surface area contributed by atoms with Crippen molar-refractivity contribution >= 4 is 23.4 Å². The van der Waals surface area contributed by atoms with Crippen LogP contribution in [0.1, 0.15) is 12.0 Å². The van der Waals surface area contributed by atoms with Crippen molar-refractivity contribution in [2.45, 2.75) is 23.2 Å². The van der Waals surface area contributed by atoms with Gasteiger partial charge in [-0.05, 0) is 23.4 Å². The first kappa shape index (κ1) is 16.7. The maximum atomic E-state index is 12.2. The molecule has 0 saturated carbocycles. The predicted molar refractivity (Wildman–Crippen MR) is 95.1 cm³/mol. The number of carbonyl (C=O) groups is 1. The van der Waals surface area contributed by atoms with Gasteiger partial charge in [0.15, 0.2) is 0 Å². The summed E-state index contributed by atoms with van der Waals surface area (Å²) < 4.78 is 1.04. The summed E-state index contributed by atoms with van der Waals surface area (Å²) in [5.41, 5.74) is 1.87. The van der Waals surface area contributed by atoms with Gasteiger partial charge in [0.1, 0.15) is 0 Å². The van der Waals surface area contributed by atoms with Crippen molar-refractivity contribution in [3.05, 3.63) is 65.1 Å². The van der Waals surface area contributed by atoms with Gasteiger partial charge in [-0.1, -0.05) is 42.5 Å². The molecule has 1 atom stereocenters. The average molecular weight is 342 g/mol. The van der Waals surface area contributed by atoms with Crippen LogP contribution in [0.5, 0.6) is 0 Å². The minimum Gasteiger partial charge on any atom is -0.355 e. The molecule has 0 fully saturated rings. The second-order valence-corrected chi connectivity index (χ2v) is 6.81. The third-order valence-corrected chi connectivity index (χ3v) is 5.10. The van der Waals surface area contributed by atoms with Crippen LogP contribution in [-0.4, -0.2) is 29.1 Å². The molecule has 0 radical (unpaired) electrons. The van der Waals surface area contributed by atoms with Gasteiger partial charge in [-0.15, -0.1) is 0 Å². The number of benzene rings is 2. The van der Waals surface area contributed by atoms with Crippen LogP contribution in [0.2, 0.25) is 0 Å². The summed E-state index contributed by atoms with van der Waals surface area (Å²) in [6.07, 6.45) is 0.618. The second kappa shape index (κ2) is 8.08.